The van der Waals surface area contributed by atoms with Crippen molar-refractivity contribution in [2.75, 3.05) is 14.2 Å². The van der Waals surface area contributed by atoms with Crippen LogP contribution in [-0.2, 0) is 0 Å². The number of nitrogens with one attached hydrogen (secondary N) is 1. The van der Waals surface area contributed by atoms with Crippen LogP contribution in [-0.4, -0.2) is 14.2 Å². The van der Waals surface area contributed by atoms with E-state index >= 15 is 0 Å². The lowest BCUT2D eigenvalue weighted by Crippen LogP contribution is -2.23. The van der Waals surface area contributed by atoms with Gasteiger partial charge in [0.2, 0.25) is 0 Å². The van der Waals surface area contributed by atoms with Gasteiger partial charge in [-0.1, -0.05) is 37.9 Å². The van der Waals surface area contributed by atoms with Gasteiger partial charge < -0.3 is 10.1 Å². The van der Waals surface area contributed by atoms with E-state index in [0.29, 0.717) is 17.0 Å². The van der Waals surface area contributed by atoms with E-state index in [2.05, 4.69) is 19.2 Å². The van der Waals surface area contributed by atoms with E-state index in [1.807, 2.05) is 25.2 Å². The summed E-state index contributed by atoms with van der Waals surface area (Å²) in [6, 6.07) is 6.11. The Balaban J connectivity index is 3.08. The third-order valence-electron chi connectivity index (χ3n) is 3.05. The van der Waals surface area contributed by atoms with E-state index in [9.17, 15) is 0 Å². The van der Waals surface area contributed by atoms with Gasteiger partial charge in [-0.2, -0.15) is 0 Å². The Kier molecular flexibility index (Phi) is 5.10. The molecule has 1 aromatic carbocycles. The highest BCUT2D eigenvalue weighted by Gasteiger charge is 2.19. The second kappa shape index (κ2) is 6.12. The normalized spacial score (nSPS) is 14.6. The zero-order valence-corrected chi connectivity index (χ0v) is 11.1. The Morgan fingerprint density at radius 2 is 2.12 bits per heavy atom. The maximum absolute atomic E-state index is 5.96. The van der Waals surface area contributed by atoms with Gasteiger partial charge in [0.05, 0.1) is 7.11 Å². The predicted octanol–water partition coefficient (Wildman–Crippen LogP) is 3.66. The molecule has 1 rings (SSSR count). The molecule has 90 valence electrons. The van der Waals surface area contributed by atoms with Crippen LogP contribution in [0.4, 0.5) is 0 Å². The van der Waals surface area contributed by atoms with Crippen LogP contribution >= 0.6 is 11.6 Å². The molecule has 0 amide bonds. The maximum Gasteiger partial charge on any atom is 0.125 e. The topological polar surface area (TPSA) is 21.3 Å². The number of ether oxygens (including phenoxy) is 1. The smallest absolute Gasteiger partial charge is 0.125 e. The number of benzene rings is 1. The van der Waals surface area contributed by atoms with Crippen molar-refractivity contribution in [1.82, 2.24) is 5.32 Å². The summed E-state index contributed by atoms with van der Waals surface area (Å²) in [7, 11) is 3.66. The predicted molar refractivity (Wildman–Crippen MR) is 69.3 cm³/mol. The van der Waals surface area contributed by atoms with E-state index in [0.717, 1.165) is 12.2 Å². The Morgan fingerprint density at radius 1 is 1.44 bits per heavy atom. The minimum absolute atomic E-state index is 0.303. The molecule has 0 aliphatic rings. The summed E-state index contributed by atoms with van der Waals surface area (Å²) in [5, 5.41) is 4.05. The first-order valence-corrected chi connectivity index (χ1v) is 6.02. The fourth-order valence-electron chi connectivity index (χ4n) is 1.92. The molecule has 0 radical (unpaired) electrons. The molecular formula is C13H20ClNO. The zero-order valence-electron chi connectivity index (χ0n) is 10.4. The van der Waals surface area contributed by atoms with Gasteiger partial charge in [-0.25, -0.2) is 0 Å². The molecule has 0 aliphatic carbocycles. The van der Waals surface area contributed by atoms with Crippen LogP contribution in [0.2, 0.25) is 5.02 Å². The van der Waals surface area contributed by atoms with Crippen molar-refractivity contribution in [3.8, 4) is 5.75 Å². The summed E-state index contributed by atoms with van der Waals surface area (Å²) in [5.74, 6) is 1.41. The highest BCUT2D eigenvalue weighted by molar-refractivity contribution is 6.30. The molecule has 2 nitrogen and oxygen atoms in total. The number of rotatable bonds is 5. The summed E-state index contributed by atoms with van der Waals surface area (Å²) in [4.78, 5) is 0. The van der Waals surface area contributed by atoms with Crippen molar-refractivity contribution < 1.29 is 4.74 Å². The van der Waals surface area contributed by atoms with Crippen LogP contribution < -0.4 is 10.1 Å². The molecule has 16 heavy (non-hydrogen) atoms. The zero-order chi connectivity index (χ0) is 12.1. The Bertz CT molecular complexity index is 341. The molecule has 0 aliphatic heterocycles. The van der Waals surface area contributed by atoms with Crippen LogP contribution in [0.3, 0.4) is 0 Å². The second-order valence-electron chi connectivity index (χ2n) is 4.04. The molecule has 1 aromatic rings. The average molecular weight is 242 g/mol. The molecule has 0 heterocycles. The fraction of sp³-hybridized carbons (Fsp3) is 0.538. The van der Waals surface area contributed by atoms with Crippen molar-refractivity contribution >= 4 is 11.6 Å². The summed E-state index contributed by atoms with van der Waals surface area (Å²) >= 11 is 5.96. The first-order chi connectivity index (χ1) is 7.63. The van der Waals surface area contributed by atoms with Gasteiger partial charge in [0.1, 0.15) is 5.75 Å². The second-order valence-corrected chi connectivity index (χ2v) is 4.47. The monoisotopic (exact) mass is 241 g/mol. The Hall–Kier alpha value is -0.730. The summed E-state index contributed by atoms with van der Waals surface area (Å²) in [6.07, 6.45) is 1.12. The highest BCUT2D eigenvalue weighted by atomic mass is 35.5. The van der Waals surface area contributed by atoms with Crippen molar-refractivity contribution in [1.29, 1.82) is 0 Å². The molecule has 2 atom stereocenters. The van der Waals surface area contributed by atoms with E-state index in [1.165, 1.54) is 5.56 Å². The third kappa shape index (κ3) is 2.89. The molecule has 0 fully saturated rings. The third-order valence-corrected chi connectivity index (χ3v) is 3.29. The van der Waals surface area contributed by atoms with Crippen LogP contribution in [0, 0.1) is 5.92 Å². The average Bonchev–Trinajstić information content (AvgIpc) is 2.31. The maximum atomic E-state index is 5.96. The van der Waals surface area contributed by atoms with E-state index in [4.69, 9.17) is 16.3 Å². The minimum Gasteiger partial charge on any atom is -0.496 e. The van der Waals surface area contributed by atoms with Crippen LogP contribution in [0.25, 0.3) is 0 Å². The van der Waals surface area contributed by atoms with Crippen molar-refractivity contribution in [2.24, 2.45) is 5.92 Å². The van der Waals surface area contributed by atoms with E-state index in [-0.39, 0.29) is 0 Å². The number of hydrogen-bond donors (Lipinski definition) is 1. The van der Waals surface area contributed by atoms with Crippen molar-refractivity contribution in [3.05, 3.63) is 28.8 Å². The summed E-state index contributed by atoms with van der Waals surface area (Å²) in [6.45, 7) is 4.42. The van der Waals surface area contributed by atoms with Gasteiger partial charge in [0.25, 0.3) is 0 Å². The van der Waals surface area contributed by atoms with Gasteiger partial charge >= 0.3 is 0 Å². The summed E-state index contributed by atoms with van der Waals surface area (Å²) in [5.41, 5.74) is 1.17. The van der Waals surface area contributed by atoms with Gasteiger partial charge in [-0.3, -0.25) is 0 Å². The molecule has 3 heteroatoms. The molecular weight excluding hydrogens is 222 g/mol. The van der Waals surface area contributed by atoms with E-state index < -0.39 is 0 Å². The van der Waals surface area contributed by atoms with Gasteiger partial charge in [0.15, 0.2) is 0 Å². The minimum atomic E-state index is 0.303. The molecule has 0 saturated heterocycles. The van der Waals surface area contributed by atoms with Gasteiger partial charge in [-0.05, 0) is 25.1 Å². The first-order valence-electron chi connectivity index (χ1n) is 5.64. The Morgan fingerprint density at radius 3 is 2.62 bits per heavy atom. The lowest BCUT2D eigenvalue weighted by Gasteiger charge is -2.24. The number of halogens is 1. The summed E-state index contributed by atoms with van der Waals surface area (Å²) < 4.78 is 5.38. The molecule has 0 spiro atoms. The standard InChI is InChI=1S/C13H20ClNO/c1-5-9(2)13(15-3)11-7-6-10(14)8-12(11)16-4/h6-9,13,15H,5H2,1-4H3. The number of methoxy groups -OCH3 is 1. The lowest BCUT2D eigenvalue weighted by atomic mass is 9.92. The highest BCUT2D eigenvalue weighted by Crippen LogP contribution is 2.33. The molecule has 0 bridgehead atoms. The van der Waals surface area contributed by atoms with Crippen LogP contribution in [0.1, 0.15) is 31.9 Å². The van der Waals surface area contributed by atoms with E-state index in [1.54, 1.807) is 7.11 Å². The number of hydrogen-bond acceptors (Lipinski definition) is 2. The molecule has 0 saturated carbocycles. The molecule has 2 unspecified atom stereocenters. The van der Waals surface area contributed by atoms with Crippen molar-refractivity contribution in [3.63, 3.8) is 0 Å². The fourth-order valence-corrected chi connectivity index (χ4v) is 2.09. The van der Waals surface area contributed by atoms with Crippen LogP contribution in [0.5, 0.6) is 5.75 Å². The van der Waals surface area contributed by atoms with Gasteiger partial charge in [0, 0.05) is 16.6 Å². The first kappa shape index (κ1) is 13.3. The quantitative estimate of drug-likeness (QED) is 0.850. The van der Waals surface area contributed by atoms with Gasteiger partial charge in [-0.15, -0.1) is 0 Å². The largest absolute Gasteiger partial charge is 0.496 e. The molecule has 0 aromatic heterocycles. The Labute approximate surface area is 103 Å². The van der Waals surface area contributed by atoms with Crippen LogP contribution in [0.15, 0.2) is 18.2 Å². The lowest BCUT2D eigenvalue weighted by molar-refractivity contribution is 0.365. The SMILES string of the molecule is CCC(C)C(NC)c1ccc(Cl)cc1OC. The van der Waals surface area contributed by atoms with Crippen molar-refractivity contribution in [2.45, 2.75) is 26.3 Å². The molecule has 1 N–H and O–H groups in total.